The third-order valence-corrected chi connectivity index (χ3v) is 3.27. The molecule has 0 spiro atoms. The summed E-state index contributed by atoms with van der Waals surface area (Å²) in [6.07, 6.45) is 1.60. The number of phenols is 2. The van der Waals surface area contributed by atoms with E-state index < -0.39 is 0 Å². The Morgan fingerprint density at radius 1 is 1.05 bits per heavy atom. The SMILES string of the molecule is Oc1cccc(O)c1-c1nc(-c2ncccc2Br)no1. The topological polar surface area (TPSA) is 92.3 Å². The molecule has 1 aromatic carbocycles. The number of hydrogen-bond acceptors (Lipinski definition) is 6. The molecule has 0 aliphatic heterocycles. The number of hydrogen-bond donors (Lipinski definition) is 2. The predicted molar refractivity (Wildman–Crippen MR) is 74.0 cm³/mol. The summed E-state index contributed by atoms with van der Waals surface area (Å²) in [4.78, 5) is 8.29. The zero-order valence-electron chi connectivity index (χ0n) is 9.99. The van der Waals surface area contributed by atoms with Crippen molar-refractivity contribution in [1.29, 1.82) is 0 Å². The van der Waals surface area contributed by atoms with Crippen LogP contribution in [-0.4, -0.2) is 25.3 Å². The highest BCUT2D eigenvalue weighted by Gasteiger charge is 2.19. The van der Waals surface area contributed by atoms with E-state index in [1.807, 2.05) is 0 Å². The molecule has 3 aromatic rings. The average Bonchev–Trinajstić information content (AvgIpc) is 2.88. The van der Waals surface area contributed by atoms with Gasteiger partial charge < -0.3 is 14.7 Å². The van der Waals surface area contributed by atoms with Crippen LogP contribution in [0.4, 0.5) is 0 Å². The number of aromatic hydroxyl groups is 2. The Labute approximate surface area is 121 Å². The smallest absolute Gasteiger partial charge is 0.265 e. The molecule has 0 bridgehead atoms. The Kier molecular flexibility index (Phi) is 3.11. The van der Waals surface area contributed by atoms with Gasteiger partial charge in [-0.3, -0.25) is 4.98 Å². The second kappa shape index (κ2) is 4.93. The molecule has 0 unspecified atom stereocenters. The molecule has 0 saturated carbocycles. The van der Waals surface area contributed by atoms with E-state index in [4.69, 9.17) is 4.52 Å². The third-order valence-electron chi connectivity index (χ3n) is 2.63. The molecular weight excluding hydrogens is 326 g/mol. The minimum absolute atomic E-state index is 0.0214. The van der Waals surface area contributed by atoms with Crippen LogP contribution < -0.4 is 0 Å². The molecule has 0 aliphatic carbocycles. The Balaban J connectivity index is 2.10. The van der Waals surface area contributed by atoms with Crippen molar-refractivity contribution in [2.75, 3.05) is 0 Å². The summed E-state index contributed by atoms with van der Waals surface area (Å²) in [7, 11) is 0. The fraction of sp³-hybridized carbons (Fsp3) is 0. The predicted octanol–water partition coefficient (Wildman–Crippen LogP) is 2.97. The van der Waals surface area contributed by atoms with Crippen LogP contribution in [0.2, 0.25) is 0 Å². The van der Waals surface area contributed by atoms with Gasteiger partial charge in [0.2, 0.25) is 5.82 Å². The summed E-state index contributed by atoms with van der Waals surface area (Å²) in [5, 5.41) is 23.3. The van der Waals surface area contributed by atoms with E-state index in [1.54, 1.807) is 18.3 Å². The highest BCUT2D eigenvalue weighted by molar-refractivity contribution is 9.10. The number of nitrogens with zero attached hydrogens (tertiary/aromatic N) is 3. The fourth-order valence-electron chi connectivity index (χ4n) is 1.72. The van der Waals surface area contributed by atoms with E-state index >= 15 is 0 Å². The van der Waals surface area contributed by atoms with Crippen molar-refractivity contribution >= 4 is 15.9 Å². The molecule has 0 saturated heterocycles. The molecule has 0 radical (unpaired) electrons. The molecule has 20 heavy (non-hydrogen) atoms. The lowest BCUT2D eigenvalue weighted by Gasteiger charge is -2.01. The highest BCUT2D eigenvalue weighted by Crippen LogP contribution is 2.36. The van der Waals surface area contributed by atoms with Crippen LogP contribution in [-0.2, 0) is 0 Å². The molecule has 0 fully saturated rings. The molecule has 0 amide bonds. The van der Waals surface area contributed by atoms with E-state index in [-0.39, 0.29) is 28.8 Å². The van der Waals surface area contributed by atoms with Crippen LogP contribution in [0.3, 0.4) is 0 Å². The van der Waals surface area contributed by atoms with Crippen LogP contribution in [0, 0.1) is 0 Å². The normalized spacial score (nSPS) is 10.7. The van der Waals surface area contributed by atoms with Crippen molar-refractivity contribution in [3.8, 4) is 34.5 Å². The summed E-state index contributed by atoms with van der Waals surface area (Å²) < 4.78 is 5.80. The summed E-state index contributed by atoms with van der Waals surface area (Å²) >= 11 is 3.34. The van der Waals surface area contributed by atoms with Crippen LogP contribution in [0.25, 0.3) is 23.0 Å². The Morgan fingerprint density at radius 3 is 2.50 bits per heavy atom. The van der Waals surface area contributed by atoms with Crippen molar-refractivity contribution in [2.45, 2.75) is 0 Å². The summed E-state index contributed by atoms with van der Waals surface area (Å²) in [5.74, 6) is 0.00357. The maximum Gasteiger partial charge on any atom is 0.265 e. The molecule has 2 heterocycles. The average molecular weight is 334 g/mol. The summed E-state index contributed by atoms with van der Waals surface area (Å²) in [6, 6.07) is 7.94. The van der Waals surface area contributed by atoms with Crippen LogP contribution >= 0.6 is 15.9 Å². The number of benzene rings is 1. The van der Waals surface area contributed by atoms with E-state index in [2.05, 4.69) is 31.1 Å². The van der Waals surface area contributed by atoms with Crippen LogP contribution in [0.1, 0.15) is 0 Å². The molecule has 3 rings (SSSR count). The Bertz CT molecular complexity index is 753. The van der Waals surface area contributed by atoms with Gasteiger partial charge in [0.1, 0.15) is 22.8 Å². The zero-order chi connectivity index (χ0) is 14.1. The van der Waals surface area contributed by atoms with E-state index in [9.17, 15) is 10.2 Å². The van der Waals surface area contributed by atoms with Crippen LogP contribution in [0.15, 0.2) is 45.5 Å². The molecule has 100 valence electrons. The number of phenolic OH excluding ortho intramolecular Hbond substituents is 2. The van der Waals surface area contributed by atoms with Gasteiger partial charge in [0.05, 0.1) is 0 Å². The lowest BCUT2D eigenvalue weighted by atomic mass is 10.2. The largest absolute Gasteiger partial charge is 0.507 e. The van der Waals surface area contributed by atoms with Gasteiger partial charge in [0, 0.05) is 10.7 Å². The maximum atomic E-state index is 9.77. The van der Waals surface area contributed by atoms with Gasteiger partial charge in [-0.15, -0.1) is 0 Å². The van der Waals surface area contributed by atoms with E-state index in [0.717, 1.165) is 0 Å². The Hall–Kier alpha value is -2.41. The maximum absolute atomic E-state index is 9.77. The second-order valence-corrected chi connectivity index (χ2v) is 4.78. The molecule has 7 heteroatoms. The van der Waals surface area contributed by atoms with Gasteiger partial charge in [-0.1, -0.05) is 11.2 Å². The third kappa shape index (κ3) is 2.12. The first-order valence-electron chi connectivity index (χ1n) is 5.62. The summed E-state index contributed by atoms with van der Waals surface area (Å²) in [5.41, 5.74) is 0.607. The second-order valence-electron chi connectivity index (χ2n) is 3.93. The first-order chi connectivity index (χ1) is 9.66. The lowest BCUT2D eigenvalue weighted by Crippen LogP contribution is -1.87. The highest BCUT2D eigenvalue weighted by atomic mass is 79.9. The molecule has 2 aromatic heterocycles. The van der Waals surface area contributed by atoms with Gasteiger partial charge in [-0.25, -0.2) is 0 Å². The van der Waals surface area contributed by atoms with Gasteiger partial charge in [-0.05, 0) is 40.2 Å². The lowest BCUT2D eigenvalue weighted by molar-refractivity contribution is 0.416. The molecular formula is C13H8BrN3O3. The first-order valence-corrected chi connectivity index (χ1v) is 6.42. The minimum atomic E-state index is -0.139. The zero-order valence-corrected chi connectivity index (χ0v) is 11.6. The van der Waals surface area contributed by atoms with Crippen LogP contribution in [0.5, 0.6) is 11.5 Å². The van der Waals surface area contributed by atoms with Crippen molar-refractivity contribution in [1.82, 2.24) is 15.1 Å². The van der Waals surface area contributed by atoms with Gasteiger partial charge >= 0.3 is 0 Å². The first kappa shape index (κ1) is 12.6. The molecule has 2 N–H and O–H groups in total. The number of pyridine rings is 1. The fourth-order valence-corrected chi connectivity index (χ4v) is 2.15. The van der Waals surface area contributed by atoms with Gasteiger partial charge in [0.15, 0.2) is 0 Å². The van der Waals surface area contributed by atoms with Gasteiger partial charge in [-0.2, -0.15) is 4.98 Å². The van der Waals surface area contributed by atoms with Crippen molar-refractivity contribution in [3.05, 3.63) is 41.0 Å². The van der Waals surface area contributed by atoms with Crippen molar-refractivity contribution < 1.29 is 14.7 Å². The monoisotopic (exact) mass is 333 g/mol. The molecule has 0 aliphatic rings. The number of aromatic nitrogens is 3. The van der Waals surface area contributed by atoms with Crippen molar-refractivity contribution in [3.63, 3.8) is 0 Å². The Morgan fingerprint density at radius 2 is 1.80 bits per heavy atom. The number of rotatable bonds is 2. The summed E-state index contributed by atoms with van der Waals surface area (Å²) in [6.45, 7) is 0. The van der Waals surface area contributed by atoms with E-state index in [1.165, 1.54) is 18.2 Å². The molecule has 6 nitrogen and oxygen atoms in total. The van der Waals surface area contributed by atoms with Gasteiger partial charge in [0.25, 0.3) is 5.89 Å². The molecule has 0 atom stereocenters. The quantitative estimate of drug-likeness (QED) is 0.748. The minimum Gasteiger partial charge on any atom is -0.507 e. The van der Waals surface area contributed by atoms with Crippen molar-refractivity contribution in [2.24, 2.45) is 0 Å². The van der Waals surface area contributed by atoms with E-state index in [0.29, 0.717) is 10.2 Å². The number of halogens is 1. The standard InChI is InChI=1S/C13H8BrN3O3/c14-7-3-2-6-15-11(7)12-16-13(20-17-12)10-8(18)4-1-5-9(10)19/h1-6,18-19H.